The van der Waals surface area contributed by atoms with Gasteiger partial charge in [-0.15, -0.1) is 12.4 Å². The van der Waals surface area contributed by atoms with Gasteiger partial charge in [0.1, 0.15) is 0 Å². The van der Waals surface area contributed by atoms with Crippen molar-refractivity contribution >= 4 is 18.4 Å². The van der Waals surface area contributed by atoms with Crippen LogP contribution in [0.5, 0.6) is 0 Å². The highest BCUT2D eigenvalue weighted by molar-refractivity contribution is 5.85. The minimum atomic E-state index is -0.966. The lowest BCUT2D eigenvalue weighted by molar-refractivity contribution is -0.144. The van der Waals surface area contributed by atoms with E-state index in [1.807, 2.05) is 0 Å². The summed E-state index contributed by atoms with van der Waals surface area (Å²) >= 11 is 0. The Hall–Kier alpha value is -0.320. The summed E-state index contributed by atoms with van der Waals surface area (Å²) in [5.74, 6) is -0.945. The number of halogens is 1. The number of nitrogens with one attached hydrogen (secondary N) is 1. The van der Waals surface area contributed by atoms with E-state index < -0.39 is 11.6 Å². The van der Waals surface area contributed by atoms with Gasteiger partial charge in [0.15, 0.2) is 0 Å². The van der Waals surface area contributed by atoms with Crippen molar-refractivity contribution < 1.29 is 15.0 Å². The first-order chi connectivity index (χ1) is 4.12. The molecule has 0 aromatic carbocycles. The largest absolute Gasteiger partial charge is 0.481 e. The summed E-state index contributed by atoms with van der Waals surface area (Å²) in [6.45, 7) is 0.804. The van der Waals surface area contributed by atoms with Crippen LogP contribution in [-0.4, -0.2) is 34.9 Å². The van der Waals surface area contributed by atoms with E-state index >= 15 is 0 Å². The molecule has 60 valence electrons. The van der Waals surface area contributed by atoms with E-state index in [1.54, 1.807) is 0 Å². The van der Waals surface area contributed by atoms with Crippen molar-refractivity contribution in [1.82, 2.24) is 5.32 Å². The highest BCUT2D eigenvalue weighted by Crippen LogP contribution is 2.14. The Kier molecular flexibility index (Phi) is 3.08. The molecule has 1 aliphatic heterocycles. The number of rotatable bonds is 2. The molecule has 0 bridgehead atoms. The van der Waals surface area contributed by atoms with Gasteiger partial charge < -0.3 is 15.5 Å². The number of β-amino-alcohol motifs (C(OH)–C–C–N with tert-alkyl or cyclic N) is 1. The molecule has 0 amide bonds. The van der Waals surface area contributed by atoms with Crippen molar-refractivity contribution in [2.75, 3.05) is 13.1 Å². The first-order valence-electron chi connectivity index (χ1n) is 2.77. The van der Waals surface area contributed by atoms with Crippen LogP contribution in [0.15, 0.2) is 0 Å². The molecule has 4 nitrogen and oxygen atoms in total. The van der Waals surface area contributed by atoms with Crippen LogP contribution in [0.1, 0.15) is 6.42 Å². The number of carboxylic acids is 1. The Labute approximate surface area is 64.6 Å². The van der Waals surface area contributed by atoms with Crippen molar-refractivity contribution in [1.29, 1.82) is 0 Å². The molecule has 0 atom stereocenters. The van der Waals surface area contributed by atoms with E-state index in [9.17, 15) is 4.79 Å². The maximum Gasteiger partial charge on any atom is 0.306 e. The van der Waals surface area contributed by atoms with E-state index in [0.717, 1.165) is 0 Å². The third-order valence-electron chi connectivity index (χ3n) is 1.39. The number of hydrogen-bond donors (Lipinski definition) is 3. The minimum Gasteiger partial charge on any atom is -0.481 e. The van der Waals surface area contributed by atoms with Crippen LogP contribution in [0.2, 0.25) is 0 Å². The van der Waals surface area contributed by atoms with Crippen molar-refractivity contribution in [3.05, 3.63) is 0 Å². The van der Waals surface area contributed by atoms with Gasteiger partial charge >= 0.3 is 5.97 Å². The average molecular weight is 168 g/mol. The molecular formula is C5H10ClNO3. The highest BCUT2D eigenvalue weighted by atomic mass is 35.5. The second-order valence-corrected chi connectivity index (χ2v) is 2.40. The Morgan fingerprint density at radius 1 is 1.60 bits per heavy atom. The van der Waals surface area contributed by atoms with E-state index in [2.05, 4.69) is 5.32 Å². The smallest absolute Gasteiger partial charge is 0.306 e. The summed E-state index contributed by atoms with van der Waals surface area (Å²) < 4.78 is 0. The molecular weight excluding hydrogens is 158 g/mol. The Bertz CT molecular complexity index is 135. The molecule has 1 saturated heterocycles. The summed E-state index contributed by atoms with van der Waals surface area (Å²) in [5, 5.41) is 20.2. The van der Waals surface area contributed by atoms with Gasteiger partial charge in [-0.3, -0.25) is 4.79 Å². The van der Waals surface area contributed by atoms with Gasteiger partial charge in [-0.25, -0.2) is 0 Å². The molecule has 0 aromatic heterocycles. The van der Waals surface area contributed by atoms with Crippen LogP contribution in [0.4, 0.5) is 0 Å². The molecule has 1 fully saturated rings. The molecule has 1 rings (SSSR count). The quantitative estimate of drug-likeness (QED) is 0.505. The standard InChI is InChI=1S/C5H9NO3.ClH/c7-4(8)1-5(9)2-6-3-5;/h6,9H,1-3H2,(H,7,8);1H. The van der Waals surface area contributed by atoms with Gasteiger partial charge in [-0.05, 0) is 0 Å². The zero-order valence-electron chi connectivity index (χ0n) is 5.33. The van der Waals surface area contributed by atoms with Gasteiger partial charge in [0.25, 0.3) is 0 Å². The van der Waals surface area contributed by atoms with Gasteiger partial charge in [0, 0.05) is 13.1 Å². The number of hydrogen-bond acceptors (Lipinski definition) is 3. The summed E-state index contributed by atoms with van der Waals surface area (Å²) in [7, 11) is 0. The van der Waals surface area contributed by atoms with Gasteiger partial charge in [0.2, 0.25) is 0 Å². The predicted molar refractivity (Wildman–Crippen MR) is 37.3 cm³/mol. The SMILES string of the molecule is Cl.O=C(O)CC1(O)CNC1. The normalized spacial score (nSPS) is 20.5. The van der Waals surface area contributed by atoms with Crippen molar-refractivity contribution in [2.45, 2.75) is 12.0 Å². The third kappa shape index (κ3) is 2.13. The molecule has 3 N–H and O–H groups in total. The fourth-order valence-corrected chi connectivity index (χ4v) is 0.820. The summed E-state index contributed by atoms with van der Waals surface area (Å²) in [5.41, 5.74) is -0.966. The summed E-state index contributed by atoms with van der Waals surface area (Å²) in [6, 6.07) is 0. The van der Waals surface area contributed by atoms with Crippen LogP contribution in [0.25, 0.3) is 0 Å². The van der Waals surface area contributed by atoms with Gasteiger partial charge in [-0.2, -0.15) is 0 Å². The number of aliphatic hydroxyl groups is 1. The fraction of sp³-hybridized carbons (Fsp3) is 0.800. The average Bonchev–Trinajstić information content (AvgIpc) is 1.60. The zero-order chi connectivity index (χ0) is 6.91. The zero-order valence-corrected chi connectivity index (χ0v) is 6.15. The summed E-state index contributed by atoms with van der Waals surface area (Å²) in [6.07, 6.45) is -0.153. The maximum atomic E-state index is 10.0. The lowest BCUT2D eigenvalue weighted by Crippen LogP contribution is -2.60. The number of aliphatic carboxylic acids is 1. The Balaban J connectivity index is 0.000000810. The second-order valence-electron chi connectivity index (χ2n) is 2.40. The summed E-state index contributed by atoms with van der Waals surface area (Å²) in [4.78, 5) is 10.0. The first kappa shape index (κ1) is 9.68. The van der Waals surface area contributed by atoms with Gasteiger partial charge in [-0.1, -0.05) is 0 Å². The highest BCUT2D eigenvalue weighted by Gasteiger charge is 2.36. The number of carboxylic acid groups (broad SMARTS) is 1. The first-order valence-corrected chi connectivity index (χ1v) is 2.77. The Morgan fingerprint density at radius 3 is 2.20 bits per heavy atom. The van der Waals surface area contributed by atoms with Crippen LogP contribution < -0.4 is 5.32 Å². The van der Waals surface area contributed by atoms with Crippen LogP contribution >= 0.6 is 12.4 Å². The van der Waals surface area contributed by atoms with Crippen LogP contribution in [-0.2, 0) is 4.79 Å². The molecule has 0 aliphatic carbocycles. The van der Waals surface area contributed by atoms with Crippen molar-refractivity contribution in [3.8, 4) is 0 Å². The van der Waals surface area contributed by atoms with Crippen LogP contribution in [0, 0.1) is 0 Å². The molecule has 10 heavy (non-hydrogen) atoms. The second kappa shape index (κ2) is 3.18. The number of carbonyl (C=O) groups is 1. The fourth-order valence-electron chi connectivity index (χ4n) is 0.820. The molecule has 5 heteroatoms. The van der Waals surface area contributed by atoms with Gasteiger partial charge in [0.05, 0.1) is 12.0 Å². The lowest BCUT2D eigenvalue weighted by atomic mass is 9.93. The molecule has 1 aliphatic rings. The maximum absolute atomic E-state index is 10.0. The lowest BCUT2D eigenvalue weighted by Gasteiger charge is -2.35. The van der Waals surface area contributed by atoms with Crippen LogP contribution in [0.3, 0.4) is 0 Å². The Morgan fingerprint density at radius 2 is 2.10 bits per heavy atom. The van der Waals surface area contributed by atoms with Crippen molar-refractivity contribution in [3.63, 3.8) is 0 Å². The van der Waals surface area contributed by atoms with E-state index in [0.29, 0.717) is 13.1 Å². The van der Waals surface area contributed by atoms with Crippen molar-refractivity contribution in [2.24, 2.45) is 0 Å². The molecule has 0 aromatic rings. The molecule has 0 saturated carbocycles. The molecule has 0 spiro atoms. The monoisotopic (exact) mass is 167 g/mol. The molecule has 1 heterocycles. The third-order valence-corrected chi connectivity index (χ3v) is 1.39. The molecule has 0 unspecified atom stereocenters. The predicted octanol–water partition coefficient (Wildman–Crippen LogP) is -0.783. The van der Waals surface area contributed by atoms with E-state index in [1.165, 1.54) is 0 Å². The molecule has 0 radical (unpaired) electrons. The van der Waals surface area contributed by atoms with E-state index in [-0.39, 0.29) is 18.8 Å². The minimum absolute atomic E-state index is 0. The topological polar surface area (TPSA) is 69.6 Å². The van der Waals surface area contributed by atoms with E-state index in [4.69, 9.17) is 10.2 Å².